The molecule has 2 nitrogen and oxygen atoms in total. The van der Waals surface area contributed by atoms with Crippen molar-refractivity contribution in [1.29, 1.82) is 0 Å². The van der Waals surface area contributed by atoms with Crippen LogP contribution in [0.25, 0.3) is 0 Å². The highest BCUT2D eigenvalue weighted by molar-refractivity contribution is 7.23. The second-order valence-electron chi connectivity index (χ2n) is 2.89. The molecule has 0 bridgehead atoms. The van der Waals surface area contributed by atoms with E-state index in [4.69, 9.17) is 15.8 Å². The standard InChI is InChI=1S/C8H13ClO2Si/c1-5-8(10)11-6-7(2)12(3,4)9/h5H,1-2,6H2,3-4H3. The largest absolute Gasteiger partial charge is 0.458 e. The molecule has 0 spiro atoms. The molecule has 0 aromatic heterocycles. The summed E-state index contributed by atoms with van der Waals surface area (Å²) in [6.07, 6.45) is 1.12. The van der Waals surface area contributed by atoms with Gasteiger partial charge in [-0.25, -0.2) is 4.79 Å². The third kappa shape index (κ3) is 4.36. The molecule has 0 aliphatic rings. The van der Waals surface area contributed by atoms with E-state index in [9.17, 15) is 4.79 Å². The van der Waals surface area contributed by atoms with Crippen molar-refractivity contribution in [3.8, 4) is 0 Å². The summed E-state index contributed by atoms with van der Waals surface area (Å²) in [5.41, 5.74) is 0. The summed E-state index contributed by atoms with van der Waals surface area (Å²) in [5.74, 6) is -0.439. The lowest BCUT2D eigenvalue weighted by Crippen LogP contribution is -2.24. The molecule has 0 N–H and O–H groups in total. The Bertz CT molecular complexity index is 206. The quantitative estimate of drug-likeness (QED) is 0.304. The second kappa shape index (κ2) is 4.47. The van der Waals surface area contributed by atoms with Crippen LogP contribution < -0.4 is 0 Å². The molecule has 0 saturated heterocycles. The average molecular weight is 205 g/mol. The van der Waals surface area contributed by atoms with E-state index in [1.165, 1.54) is 0 Å². The topological polar surface area (TPSA) is 26.3 Å². The summed E-state index contributed by atoms with van der Waals surface area (Å²) in [7, 11) is -1.87. The Morgan fingerprint density at radius 3 is 2.50 bits per heavy atom. The van der Waals surface area contributed by atoms with Gasteiger partial charge in [0.05, 0.1) is 0 Å². The number of esters is 1. The highest BCUT2D eigenvalue weighted by Crippen LogP contribution is 2.17. The van der Waals surface area contributed by atoms with Crippen LogP contribution in [-0.4, -0.2) is 20.0 Å². The van der Waals surface area contributed by atoms with Crippen LogP contribution in [0.4, 0.5) is 0 Å². The van der Waals surface area contributed by atoms with E-state index in [0.29, 0.717) is 0 Å². The Kier molecular flexibility index (Phi) is 4.27. The summed E-state index contributed by atoms with van der Waals surface area (Å²) in [4.78, 5) is 10.6. The predicted molar refractivity (Wildman–Crippen MR) is 53.6 cm³/mol. The first-order valence-corrected chi connectivity index (χ1v) is 7.55. The Morgan fingerprint density at radius 2 is 2.17 bits per heavy atom. The highest BCUT2D eigenvalue weighted by atomic mass is 35.6. The Labute approximate surface area is 78.6 Å². The van der Waals surface area contributed by atoms with Crippen molar-refractivity contribution in [2.24, 2.45) is 0 Å². The van der Waals surface area contributed by atoms with E-state index >= 15 is 0 Å². The number of hydrogen-bond acceptors (Lipinski definition) is 2. The van der Waals surface area contributed by atoms with E-state index in [2.05, 4.69) is 13.2 Å². The number of rotatable bonds is 4. The van der Waals surface area contributed by atoms with Crippen molar-refractivity contribution >= 4 is 24.4 Å². The molecule has 0 rings (SSSR count). The van der Waals surface area contributed by atoms with Gasteiger partial charge in [0.15, 0.2) is 7.38 Å². The van der Waals surface area contributed by atoms with Crippen LogP contribution in [0.15, 0.2) is 24.4 Å². The first kappa shape index (κ1) is 11.5. The zero-order valence-corrected chi connectivity index (χ0v) is 9.15. The minimum absolute atomic E-state index is 0.202. The maximum Gasteiger partial charge on any atom is 0.330 e. The van der Waals surface area contributed by atoms with Gasteiger partial charge in [-0.1, -0.05) is 26.3 Å². The van der Waals surface area contributed by atoms with Gasteiger partial charge in [-0.15, -0.1) is 0 Å². The Hall–Kier alpha value is -0.543. The third-order valence-corrected chi connectivity index (χ3v) is 4.02. The molecule has 0 aromatic rings. The first-order valence-electron chi connectivity index (χ1n) is 3.54. The van der Waals surface area contributed by atoms with Crippen molar-refractivity contribution in [1.82, 2.24) is 0 Å². The van der Waals surface area contributed by atoms with Gasteiger partial charge in [-0.05, 0) is 5.20 Å². The van der Waals surface area contributed by atoms with Crippen molar-refractivity contribution < 1.29 is 9.53 Å². The van der Waals surface area contributed by atoms with Gasteiger partial charge < -0.3 is 4.74 Å². The van der Waals surface area contributed by atoms with E-state index in [1.807, 2.05) is 13.1 Å². The van der Waals surface area contributed by atoms with Gasteiger partial charge in [-0.3, -0.25) is 0 Å². The van der Waals surface area contributed by atoms with Crippen molar-refractivity contribution in [3.05, 3.63) is 24.4 Å². The molecule has 0 aliphatic heterocycles. The molecule has 4 heteroatoms. The zero-order chi connectivity index (χ0) is 9.78. The first-order chi connectivity index (χ1) is 5.38. The van der Waals surface area contributed by atoms with Gasteiger partial charge in [0, 0.05) is 6.08 Å². The smallest absolute Gasteiger partial charge is 0.330 e. The van der Waals surface area contributed by atoms with Crippen LogP contribution in [0.3, 0.4) is 0 Å². The molecular formula is C8H13ClO2Si. The summed E-state index contributed by atoms with van der Waals surface area (Å²) in [6, 6.07) is 0. The monoisotopic (exact) mass is 204 g/mol. The van der Waals surface area contributed by atoms with Gasteiger partial charge in [0.1, 0.15) is 6.61 Å². The summed E-state index contributed by atoms with van der Waals surface area (Å²) in [6.45, 7) is 11.1. The molecule has 0 atom stereocenters. The number of ether oxygens (including phenoxy) is 1. The zero-order valence-electron chi connectivity index (χ0n) is 7.39. The minimum Gasteiger partial charge on any atom is -0.458 e. The molecule has 0 saturated carbocycles. The van der Waals surface area contributed by atoms with Crippen LogP contribution in [0.2, 0.25) is 13.1 Å². The molecule has 0 unspecified atom stereocenters. The van der Waals surface area contributed by atoms with Gasteiger partial charge in [-0.2, -0.15) is 11.1 Å². The van der Waals surface area contributed by atoms with E-state index in [-0.39, 0.29) is 6.61 Å². The third-order valence-electron chi connectivity index (χ3n) is 1.40. The maximum atomic E-state index is 10.6. The van der Waals surface area contributed by atoms with Crippen molar-refractivity contribution in [3.63, 3.8) is 0 Å². The second-order valence-corrected chi connectivity index (χ2v) is 9.37. The fourth-order valence-corrected chi connectivity index (χ4v) is 0.968. The molecule has 0 fully saturated rings. The normalized spacial score (nSPS) is 10.6. The Morgan fingerprint density at radius 1 is 1.67 bits per heavy atom. The number of carbonyl (C=O) groups excluding carboxylic acids is 1. The molecule has 0 radical (unpaired) electrons. The fourth-order valence-electron chi connectivity index (χ4n) is 0.389. The lowest BCUT2D eigenvalue weighted by atomic mass is 10.6. The van der Waals surface area contributed by atoms with Gasteiger partial charge in [0.2, 0.25) is 0 Å². The number of hydrogen-bond donors (Lipinski definition) is 0. The van der Waals surface area contributed by atoms with Crippen LogP contribution in [0.5, 0.6) is 0 Å². The van der Waals surface area contributed by atoms with E-state index in [0.717, 1.165) is 11.3 Å². The molecule has 0 heterocycles. The minimum atomic E-state index is -1.87. The van der Waals surface area contributed by atoms with Crippen LogP contribution >= 0.6 is 11.1 Å². The van der Waals surface area contributed by atoms with Crippen molar-refractivity contribution in [2.75, 3.05) is 6.61 Å². The van der Waals surface area contributed by atoms with Crippen LogP contribution in [0, 0.1) is 0 Å². The summed E-state index contributed by atoms with van der Waals surface area (Å²) < 4.78 is 4.77. The SMILES string of the molecule is C=CC(=O)OCC(=C)[Si](C)(C)Cl. The Balaban J connectivity index is 3.88. The maximum absolute atomic E-state index is 10.6. The highest BCUT2D eigenvalue weighted by Gasteiger charge is 2.21. The summed E-state index contributed by atoms with van der Waals surface area (Å²) in [5, 5.41) is 0.805. The van der Waals surface area contributed by atoms with Crippen LogP contribution in [0.1, 0.15) is 0 Å². The van der Waals surface area contributed by atoms with Gasteiger partial charge >= 0.3 is 5.97 Å². The molecule has 0 amide bonds. The molecule has 0 aliphatic carbocycles. The van der Waals surface area contributed by atoms with Crippen LogP contribution in [-0.2, 0) is 9.53 Å². The van der Waals surface area contributed by atoms with Crippen molar-refractivity contribution in [2.45, 2.75) is 13.1 Å². The molecule has 68 valence electrons. The van der Waals surface area contributed by atoms with Gasteiger partial charge in [0.25, 0.3) is 0 Å². The summed E-state index contributed by atoms with van der Waals surface area (Å²) >= 11 is 6.03. The average Bonchev–Trinajstić information content (AvgIpc) is 1.97. The number of carbonyl (C=O) groups is 1. The van der Waals surface area contributed by atoms with E-state index in [1.54, 1.807) is 0 Å². The molecular weight excluding hydrogens is 192 g/mol. The number of halogens is 1. The van der Waals surface area contributed by atoms with E-state index < -0.39 is 13.4 Å². The fraction of sp³-hybridized carbons (Fsp3) is 0.375. The lowest BCUT2D eigenvalue weighted by molar-refractivity contribution is -0.136. The molecule has 0 aromatic carbocycles. The lowest BCUT2D eigenvalue weighted by Gasteiger charge is -2.15. The predicted octanol–water partition coefficient (Wildman–Crippen LogP) is 2.25. The molecule has 12 heavy (non-hydrogen) atoms.